The Bertz CT molecular complexity index is 1360. The predicted octanol–water partition coefficient (Wildman–Crippen LogP) is 4.09. The highest BCUT2D eigenvalue weighted by molar-refractivity contribution is 7.90. The number of sulfonamides is 1. The number of amidine groups is 1. The molecular weight excluding hydrogens is 483 g/mol. The fraction of sp³-hybridized carbons (Fsp3) is 0.269. The van der Waals surface area contributed by atoms with Crippen molar-refractivity contribution in [1.82, 2.24) is 9.71 Å². The number of nitrogens with zero attached hydrogens (tertiary/aromatic N) is 3. The van der Waals surface area contributed by atoms with Gasteiger partial charge in [-0.25, -0.2) is 27.5 Å². The molecule has 0 radical (unpaired) electrons. The van der Waals surface area contributed by atoms with E-state index in [4.69, 9.17) is 10.00 Å². The molecule has 0 saturated carbocycles. The third-order valence-electron chi connectivity index (χ3n) is 5.60. The summed E-state index contributed by atoms with van der Waals surface area (Å²) in [4.78, 5) is 8.21. The van der Waals surface area contributed by atoms with Crippen molar-refractivity contribution in [3.63, 3.8) is 0 Å². The van der Waals surface area contributed by atoms with Gasteiger partial charge >= 0.3 is 0 Å². The number of aliphatic hydroxyl groups is 1. The van der Waals surface area contributed by atoms with Crippen LogP contribution in [0.4, 0.5) is 4.39 Å². The molecule has 2 aromatic rings. The van der Waals surface area contributed by atoms with Crippen LogP contribution in [0.1, 0.15) is 36.8 Å². The summed E-state index contributed by atoms with van der Waals surface area (Å²) in [7, 11) is -4.02. The van der Waals surface area contributed by atoms with Crippen LogP contribution in [0.5, 0.6) is 0 Å². The molecule has 36 heavy (non-hydrogen) atoms. The van der Waals surface area contributed by atoms with Crippen molar-refractivity contribution < 1.29 is 22.7 Å². The van der Waals surface area contributed by atoms with Crippen molar-refractivity contribution in [3.8, 4) is 17.2 Å². The van der Waals surface area contributed by atoms with Crippen molar-refractivity contribution in [2.24, 2.45) is 4.99 Å². The average molecular weight is 511 g/mol. The Labute approximate surface area is 210 Å². The first-order valence-electron chi connectivity index (χ1n) is 11.1. The van der Waals surface area contributed by atoms with E-state index in [2.05, 4.69) is 27.9 Å². The number of pyridine rings is 1. The number of aliphatic imine (C=N–C) groups is 1. The summed E-state index contributed by atoms with van der Waals surface area (Å²) in [6.07, 6.45) is 4.27. The molecule has 0 bridgehead atoms. The van der Waals surface area contributed by atoms with Crippen molar-refractivity contribution in [3.05, 3.63) is 90.6 Å². The van der Waals surface area contributed by atoms with Crippen molar-refractivity contribution in [2.45, 2.75) is 37.2 Å². The zero-order valence-electron chi connectivity index (χ0n) is 20.0. The molecule has 188 valence electrons. The zero-order valence-corrected chi connectivity index (χ0v) is 20.8. The number of hydrogen-bond acceptors (Lipinski definition) is 7. The minimum Gasteiger partial charge on any atom is -0.457 e. The second-order valence-electron chi connectivity index (χ2n) is 8.62. The predicted molar refractivity (Wildman–Crippen MR) is 136 cm³/mol. The molecule has 2 heterocycles. The van der Waals surface area contributed by atoms with Crippen molar-refractivity contribution >= 4 is 16.0 Å². The zero-order chi connectivity index (χ0) is 26.5. The maximum atomic E-state index is 14.0. The third kappa shape index (κ3) is 5.87. The fourth-order valence-corrected chi connectivity index (χ4v) is 5.86. The normalized spacial score (nSPS) is 20.5. The Kier molecular flexibility index (Phi) is 8.07. The van der Waals surface area contributed by atoms with Gasteiger partial charge in [0.2, 0.25) is 10.0 Å². The Morgan fingerprint density at radius 2 is 2.06 bits per heavy atom. The van der Waals surface area contributed by atoms with E-state index in [1.807, 2.05) is 6.07 Å². The van der Waals surface area contributed by atoms with Crippen molar-refractivity contribution in [2.75, 3.05) is 6.61 Å². The molecule has 3 rings (SSSR count). The van der Waals surface area contributed by atoms with Crippen LogP contribution in [-0.2, 0) is 14.8 Å². The number of nitriles is 1. The minimum atomic E-state index is -4.02. The molecule has 1 saturated heterocycles. The Balaban J connectivity index is 1.94. The second kappa shape index (κ2) is 10.8. The van der Waals surface area contributed by atoms with Crippen LogP contribution in [0.3, 0.4) is 0 Å². The minimum absolute atomic E-state index is 0.0189. The summed E-state index contributed by atoms with van der Waals surface area (Å²) in [6, 6.07) is 11.1. The standard InChI is InChI=1S/C26H27FN4O4S/c1-5-6-22(17(2)27)23(12-14-32)30-25-31-36(33,34)24(26(3,4)35-25)19-9-7-18(8-10-19)20-11-13-29-21(15-20)16-28/h5-11,13,15,23-24,32H,1-2,12,14H2,3-4H3,(H,30,31)/b22-6+/t23-,24?/m0/s1. The molecule has 1 aliphatic rings. The largest absolute Gasteiger partial charge is 0.457 e. The van der Waals surface area contributed by atoms with Crippen molar-refractivity contribution in [1.29, 1.82) is 5.26 Å². The maximum absolute atomic E-state index is 14.0. The summed E-state index contributed by atoms with van der Waals surface area (Å²) >= 11 is 0. The van der Waals surface area contributed by atoms with Crippen LogP contribution in [-0.4, -0.2) is 42.8 Å². The van der Waals surface area contributed by atoms with Gasteiger partial charge in [-0.15, -0.1) is 0 Å². The van der Waals surface area contributed by atoms with E-state index in [0.29, 0.717) is 5.56 Å². The van der Waals surface area contributed by atoms with Gasteiger partial charge < -0.3 is 9.84 Å². The molecular formula is C26H27FN4O4S. The lowest BCUT2D eigenvalue weighted by Gasteiger charge is -2.39. The molecule has 1 aromatic carbocycles. The van der Waals surface area contributed by atoms with E-state index < -0.39 is 32.7 Å². The SMILES string of the molecule is C=C/C=C(\C(=C)F)[C@H](CCO)N=C1NS(=O)(=O)C(c2ccc(-c3ccnc(C#N)c3)cc2)C(C)(C)O1. The van der Waals surface area contributed by atoms with E-state index >= 15 is 0 Å². The second-order valence-corrected chi connectivity index (χ2v) is 10.4. The van der Waals surface area contributed by atoms with Crippen LogP contribution in [0.25, 0.3) is 11.1 Å². The Morgan fingerprint density at radius 3 is 2.61 bits per heavy atom. The highest BCUT2D eigenvalue weighted by Gasteiger charge is 2.48. The lowest BCUT2D eigenvalue weighted by Crippen LogP contribution is -2.53. The first-order chi connectivity index (χ1) is 17.0. The molecule has 8 nitrogen and oxygen atoms in total. The molecule has 1 fully saturated rings. The number of aliphatic hydroxyl groups excluding tert-OH is 1. The lowest BCUT2D eigenvalue weighted by atomic mass is 9.95. The van der Waals surface area contributed by atoms with Crippen LogP contribution in [0, 0.1) is 11.3 Å². The third-order valence-corrected chi connectivity index (χ3v) is 7.52. The molecule has 0 spiro atoms. The molecule has 10 heteroatoms. The molecule has 0 aliphatic carbocycles. The van der Waals surface area contributed by atoms with Gasteiger partial charge in [0.1, 0.15) is 28.4 Å². The number of allylic oxidation sites excluding steroid dienone is 2. The van der Waals surface area contributed by atoms with Gasteiger partial charge in [-0.05, 0) is 49.1 Å². The molecule has 0 amide bonds. The first-order valence-corrected chi connectivity index (χ1v) is 12.6. The quantitative estimate of drug-likeness (QED) is 0.516. The topological polar surface area (TPSA) is 125 Å². The summed E-state index contributed by atoms with van der Waals surface area (Å²) < 4.78 is 48.9. The highest BCUT2D eigenvalue weighted by atomic mass is 32.2. The number of benzene rings is 1. The number of aromatic nitrogens is 1. The van der Waals surface area contributed by atoms with Gasteiger partial charge in [-0.3, -0.25) is 0 Å². The molecule has 2 N–H and O–H groups in total. The van der Waals surface area contributed by atoms with Crippen LogP contribution in [0.2, 0.25) is 0 Å². The summed E-state index contributed by atoms with van der Waals surface area (Å²) in [5.41, 5.74) is 1.14. The number of rotatable bonds is 8. The van der Waals surface area contributed by atoms with E-state index in [1.165, 1.54) is 18.3 Å². The molecule has 1 aromatic heterocycles. The van der Waals surface area contributed by atoms with E-state index in [0.717, 1.165) is 11.1 Å². The highest BCUT2D eigenvalue weighted by Crippen LogP contribution is 2.39. The lowest BCUT2D eigenvalue weighted by molar-refractivity contribution is 0.0761. The summed E-state index contributed by atoms with van der Waals surface area (Å²) in [6.45, 7) is 9.75. The fourth-order valence-electron chi connectivity index (χ4n) is 4.10. The maximum Gasteiger partial charge on any atom is 0.299 e. The van der Waals surface area contributed by atoms with E-state index in [9.17, 15) is 17.9 Å². The average Bonchev–Trinajstić information content (AvgIpc) is 2.81. The summed E-state index contributed by atoms with van der Waals surface area (Å²) in [5.74, 6) is -0.773. The van der Waals surface area contributed by atoms with Crippen LogP contribution >= 0.6 is 0 Å². The van der Waals surface area contributed by atoms with Gasteiger partial charge in [0, 0.05) is 18.4 Å². The van der Waals surface area contributed by atoms with Gasteiger partial charge in [0.25, 0.3) is 6.02 Å². The van der Waals surface area contributed by atoms with Crippen LogP contribution < -0.4 is 4.72 Å². The van der Waals surface area contributed by atoms with Gasteiger partial charge in [-0.2, -0.15) is 5.26 Å². The van der Waals surface area contributed by atoms with Gasteiger partial charge in [0.05, 0.1) is 6.04 Å². The Morgan fingerprint density at radius 1 is 1.36 bits per heavy atom. The number of ether oxygens (including phenoxy) is 1. The van der Waals surface area contributed by atoms with E-state index in [-0.39, 0.29) is 30.3 Å². The van der Waals surface area contributed by atoms with E-state index in [1.54, 1.807) is 50.2 Å². The first kappa shape index (κ1) is 26.8. The van der Waals surface area contributed by atoms with Gasteiger partial charge in [-0.1, -0.05) is 49.6 Å². The molecule has 1 unspecified atom stereocenters. The number of nitrogens with one attached hydrogen (secondary N) is 1. The number of halogens is 1. The van der Waals surface area contributed by atoms with Crippen LogP contribution in [0.15, 0.2) is 84.3 Å². The summed E-state index contributed by atoms with van der Waals surface area (Å²) in [5, 5.41) is 17.4. The number of hydrogen-bond donors (Lipinski definition) is 2. The monoisotopic (exact) mass is 510 g/mol. The molecule has 2 atom stereocenters. The molecule has 1 aliphatic heterocycles. The Hall–Kier alpha value is -3.81. The smallest absolute Gasteiger partial charge is 0.299 e. The van der Waals surface area contributed by atoms with Gasteiger partial charge in [0.15, 0.2) is 0 Å².